The maximum Gasteiger partial charge on any atom is 0.167 e. The van der Waals surface area contributed by atoms with Gasteiger partial charge in [-0.1, -0.05) is 51.1 Å². The summed E-state index contributed by atoms with van der Waals surface area (Å²) in [5.41, 5.74) is 2.66. The molecule has 3 heteroatoms. The van der Waals surface area contributed by atoms with Crippen LogP contribution in [-0.4, -0.2) is 5.78 Å². The van der Waals surface area contributed by atoms with Crippen LogP contribution in [0.4, 0.5) is 4.39 Å². The molecular formula is C18H18BrFO. The van der Waals surface area contributed by atoms with Gasteiger partial charge >= 0.3 is 0 Å². The summed E-state index contributed by atoms with van der Waals surface area (Å²) in [6.45, 7) is 6.45. The Morgan fingerprint density at radius 3 is 2.24 bits per heavy atom. The Labute approximate surface area is 133 Å². The lowest BCUT2D eigenvalue weighted by Crippen LogP contribution is -2.11. The average molecular weight is 349 g/mol. The molecule has 0 atom stereocenters. The highest BCUT2D eigenvalue weighted by molar-refractivity contribution is 9.10. The lowest BCUT2D eigenvalue weighted by atomic mass is 9.86. The maximum absolute atomic E-state index is 13.5. The second-order valence-electron chi connectivity index (χ2n) is 6.18. The van der Waals surface area contributed by atoms with Crippen LogP contribution in [0.15, 0.2) is 46.9 Å². The van der Waals surface area contributed by atoms with E-state index in [1.807, 2.05) is 24.3 Å². The van der Waals surface area contributed by atoms with Crippen molar-refractivity contribution in [3.63, 3.8) is 0 Å². The SMILES string of the molecule is CC(C)(C)c1ccc(CC(=O)c2ccc(Br)c(F)c2)cc1. The van der Waals surface area contributed by atoms with E-state index in [1.165, 1.54) is 11.6 Å². The Kier molecular flexibility index (Phi) is 4.62. The molecular weight excluding hydrogens is 331 g/mol. The quantitative estimate of drug-likeness (QED) is 0.686. The number of hydrogen-bond acceptors (Lipinski definition) is 1. The number of carbonyl (C=O) groups is 1. The molecule has 0 spiro atoms. The first kappa shape index (κ1) is 15.9. The molecule has 21 heavy (non-hydrogen) atoms. The van der Waals surface area contributed by atoms with Crippen molar-refractivity contribution in [3.8, 4) is 0 Å². The lowest BCUT2D eigenvalue weighted by Gasteiger charge is -2.19. The highest BCUT2D eigenvalue weighted by Crippen LogP contribution is 2.23. The van der Waals surface area contributed by atoms with Crippen LogP contribution in [0.3, 0.4) is 0 Å². The Morgan fingerprint density at radius 2 is 1.71 bits per heavy atom. The van der Waals surface area contributed by atoms with Gasteiger partial charge in [-0.15, -0.1) is 0 Å². The van der Waals surface area contributed by atoms with Crippen LogP contribution < -0.4 is 0 Å². The van der Waals surface area contributed by atoms with Crippen molar-refractivity contribution in [1.82, 2.24) is 0 Å². The van der Waals surface area contributed by atoms with Gasteiger partial charge in [0.1, 0.15) is 5.82 Å². The van der Waals surface area contributed by atoms with E-state index in [0.29, 0.717) is 10.0 Å². The zero-order chi connectivity index (χ0) is 15.6. The minimum absolute atomic E-state index is 0.0788. The zero-order valence-electron chi connectivity index (χ0n) is 12.4. The highest BCUT2D eigenvalue weighted by atomic mass is 79.9. The fraction of sp³-hybridized carbons (Fsp3) is 0.278. The molecule has 0 aliphatic carbocycles. The van der Waals surface area contributed by atoms with Crippen molar-refractivity contribution in [2.75, 3.05) is 0 Å². The molecule has 0 aromatic heterocycles. The van der Waals surface area contributed by atoms with Crippen LogP contribution in [0.25, 0.3) is 0 Å². The third-order valence-electron chi connectivity index (χ3n) is 3.43. The first-order valence-corrected chi connectivity index (χ1v) is 7.64. The largest absolute Gasteiger partial charge is 0.294 e. The van der Waals surface area contributed by atoms with Crippen molar-refractivity contribution in [3.05, 3.63) is 69.4 Å². The first-order chi connectivity index (χ1) is 9.77. The molecule has 2 rings (SSSR count). The van der Waals surface area contributed by atoms with E-state index in [-0.39, 0.29) is 17.6 Å². The number of rotatable bonds is 3. The molecule has 2 aromatic carbocycles. The molecule has 0 saturated carbocycles. The fourth-order valence-electron chi connectivity index (χ4n) is 2.08. The summed E-state index contributed by atoms with van der Waals surface area (Å²) in [7, 11) is 0. The minimum Gasteiger partial charge on any atom is -0.294 e. The molecule has 0 aliphatic rings. The number of Topliss-reactive ketones (excluding diaryl/α,β-unsaturated/α-hetero) is 1. The minimum atomic E-state index is -0.413. The number of carbonyl (C=O) groups excluding carboxylic acids is 1. The third-order valence-corrected chi connectivity index (χ3v) is 4.07. The number of ketones is 1. The molecule has 0 fully saturated rings. The fourth-order valence-corrected chi connectivity index (χ4v) is 2.33. The molecule has 0 radical (unpaired) electrons. The van der Waals surface area contributed by atoms with E-state index < -0.39 is 5.82 Å². The standard InChI is InChI=1S/C18H18BrFO/c1-18(2,3)14-7-4-12(5-8-14)10-17(21)13-6-9-15(19)16(20)11-13/h4-9,11H,10H2,1-3H3. The summed E-state index contributed by atoms with van der Waals surface area (Å²) in [5, 5.41) is 0. The molecule has 0 unspecified atom stereocenters. The Hall–Kier alpha value is -1.48. The van der Waals surface area contributed by atoms with Crippen molar-refractivity contribution >= 4 is 21.7 Å². The molecule has 1 nitrogen and oxygen atoms in total. The summed E-state index contributed by atoms with van der Waals surface area (Å²) < 4.78 is 13.8. The van der Waals surface area contributed by atoms with E-state index in [0.717, 1.165) is 5.56 Å². The van der Waals surface area contributed by atoms with Gasteiger partial charge in [0.15, 0.2) is 5.78 Å². The van der Waals surface area contributed by atoms with Gasteiger partial charge in [0.2, 0.25) is 0 Å². The van der Waals surface area contributed by atoms with Gasteiger partial charge < -0.3 is 0 Å². The van der Waals surface area contributed by atoms with E-state index in [2.05, 4.69) is 36.7 Å². The maximum atomic E-state index is 13.5. The van der Waals surface area contributed by atoms with Crippen LogP contribution in [0.1, 0.15) is 42.3 Å². The predicted octanol–water partition coefficient (Wildman–Crippen LogP) is 5.31. The monoisotopic (exact) mass is 348 g/mol. The normalized spacial score (nSPS) is 11.5. The molecule has 0 bridgehead atoms. The summed E-state index contributed by atoms with van der Waals surface area (Å²) in [6, 6.07) is 12.5. The Bertz CT molecular complexity index is 654. The average Bonchev–Trinajstić information content (AvgIpc) is 2.41. The van der Waals surface area contributed by atoms with E-state index >= 15 is 0 Å². The van der Waals surface area contributed by atoms with Gasteiger partial charge in [0, 0.05) is 12.0 Å². The van der Waals surface area contributed by atoms with Crippen LogP contribution in [0, 0.1) is 5.82 Å². The van der Waals surface area contributed by atoms with Gasteiger partial charge in [0.05, 0.1) is 4.47 Å². The Balaban J connectivity index is 2.14. The van der Waals surface area contributed by atoms with E-state index in [1.54, 1.807) is 12.1 Å². The molecule has 0 heterocycles. The van der Waals surface area contributed by atoms with Crippen LogP contribution in [0.5, 0.6) is 0 Å². The van der Waals surface area contributed by atoms with Gasteiger partial charge in [-0.2, -0.15) is 0 Å². The van der Waals surface area contributed by atoms with Crippen molar-refractivity contribution < 1.29 is 9.18 Å². The smallest absolute Gasteiger partial charge is 0.167 e. The van der Waals surface area contributed by atoms with Crippen molar-refractivity contribution in [2.45, 2.75) is 32.6 Å². The first-order valence-electron chi connectivity index (χ1n) is 6.85. The van der Waals surface area contributed by atoms with Gasteiger partial charge in [0.25, 0.3) is 0 Å². The third kappa shape index (κ3) is 4.01. The van der Waals surface area contributed by atoms with Gasteiger partial charge in [-0.3, -0.25) is 4.79 Å². The lowest BCUT2D eigenvalue weighted by molar-refractivity contribution is 0.0992. The molecule has 0 saturated heterocycles. The van der Waals surface area contributed by atoms with Gasteiger partial charge in [-0.05, 0) is 44.6 Å². The van der Waals surface area contributed by atoms with Crippen LogP contribution in [0.2, 0.25) is 0 Å². The number of hydrogen-bond donors (Lipinski definition) is 0. The van der Waals surface area contributed by atoms with Crippen molar-refractivity contribution in [2.24, 2.45) is 0 Å². The molecule has 2 aromatic rings. The summed E-state index contributed by atoms with van der Waals surface area (Å²) in [4.78, 5) is 12.2. The number of halogens is 2. The molecule has 0 aliphatic heterocycles. The zero-order valence-corrected chi connectivity index (χ0v) is 14.0. The molecule has 0 N–H and O–H groups in total. The second kappa shape index (κ2) is 6.10. The van der Waals surface area contributed by atoms with E-state index in [9.17, 15) is 9.18 Å². The van der Waals surface area contributed by atoms with E-state index in [4.69, 9.17) is 0 Å². The summed E-state index contributed by atoms with van der Waals surface area (Å²) >= 11 is 3.09. The highest BCUT2D eigenvalue weighted by Gasteiger charge is 2.14. The summed E-state index contributed by atoms with van der Waals surface area (Å²) in [5.74, 6) is -0.492. The van der Waals surface area contributed by atoms with Crippen LogP contribution >= 0.6 is 15.9 Å². The predicted molar refractivity (Wildman–Crippen MR) is 87.3 cm³/mol. The Morgan fingerprint density at radius 1 is 1.10 bits per heavy atom. The topological polar surface area (TPSA) is 17.1 Å². The summed E-state index contributed by atoms with van der Waals surface area (Å²) in [6.07, 6.45) is 0.283. The number of benzene rings is 2. The second-order valence-corrected chi connectivity index (χ2v) is 7.03. The molecule has 0 amide bonds. The molecule has 110 valence electrons. The van der Waals surface area contributed by atoms with Crippen molar-refractivity contribution in [1.29, 1.82) is 0 Å². The van der Waals surface area contributed by atoms with Gasteiger partial charge in [-0.25, -0.2) is 4.39 Å². The van der Waals surface area contributed by atoms with Crippen LogP contribution in [-0.2, 0) is 11.8 Å².